The number of hydrogen-bond donors (Lipinski definition) is 2. The first kappa shape index (κ1) is 14.1. The molecule has 0 unspecified atom stereocenters. The molecule has 1 amide bonds. The molecule has 0 fully saturated rings. The van der Waals surface area contributed by atoms with Crippen molar-refractivity contribution in [3.8, 4) is 0 Å². The summed E-state index contributed by atoms with van der Waals surface area (Å²) in [6.45, 7) is 0. The van der Waals surface area contributed by atoms with E-state index in [2.05, 4.69) is 15.0 Å². The Balaban J connectivity index is 2.22. The van der Waals surface area contributed by atoms with Crippen molar-refractivity contribution in [1.29, 1.82) is 0 Å². The Morgan fingerprint density at radius 1 is 1.33 bits per heavy atom. The third kappa shape index (κ3) is 3.18. The highest BCUT2D eigenvalue weighted by atomic mass is 19.1. The molecule has 0 bridgehead atoms. The molecule has 2 aromatic rings. The van der Waals surface area contributed by atoms with Gasteiger partial charge in [0.1, 0.15) is 5.82 Å². The number of hydrogen-bond acceptors (Lipinski definition) is 6. The van der Waals surface area contributed by atoms with Crippen LogP contribution in [0.4, 0.5) is 15.8 Å². The molecule has 0 saturated heterocycles. The predicted octanol–water partition coefficient (Wildman–Crippen LogP) is 1.67. The van der Waals surface area contributed by atoms with Gasteiger partial charge in [0.05, 0.1) is 16.7 Å². The van der Waals surface area contributed by atoms with E-state index in [9.17, 15) is 24.1 Å². The molecule has 1 heterocycles. The number of non-ortho nitro benzene ring substituents is 1. The van der Waals surface area contributed by atoms with Crippen molar-refractivity contribution in [1.82, 2.24) is 5.16 Å². The van der Waals surface area contributed by atoms with Gasteiger partial charge in [0.15, 0.2) is 5.69 Å². The van der Waals surface area contributed by atoms with Crippen LogP contribution in [0.2, 0.25) is 0 Å². The number of rotatable bonds is 4. The average molecular weight is 295 g/mol. The van der Waals surface area contributed by atoms with Gasteiger partial charge >= 0.3 is 5.97 Å². The zero-order valence-corrected chi connectivity index (χ0v) is 10.1. The van der Waals surface area contributed by atoms with E-state index in [0.717, 1.165) is 18.2 Å². The van der Waals surface area contributed by atoms with E-state index in [1.807, 2.05) is 0 Å². The summed E-state index contributed by atoms with van der Waals surface area (Å²) in [5, 5.41) is 24.6. The highest BCUT2D eigenvalue weighted by Gasteiger charge is 2.18. The quantitative estimate of drug-likeness (QED) is 0.646. The molecule has 0 radical (unpaired) electrons. The monoisotopic (exact) mass is 295 g/mol. The standard InChI is InChI=1S/C11H6FN3O6/c12-5-1-6(3-7(2-5)15(19)20)13-10(16)8-4-9(11(17)18)21-14-8/h1-4H,(H,13,16)(H,17,18). The van der Waals surface area contributed by atoms with E-state index in [0.29, 0.717) is 6.07 Å². The number of carbonyl (C=O) groups excluding carboxylic acids is 1. The van der Waals surface area contributed by atoms with Gasteiger partial charge in [-0.05, 0) is 6.07 Å². The highest BCUT2D eigenvalue weighted by Crippen LogP contribution is 2.20. The van der Waals surface area contributed by atoms with Gasteiger partial charge in [-0.15, -0.1) is 0 Å². The molecule has 1 aromatic carbocycles. The summed E-state index contributed by atoms with van der Waals surface area (Å²) in [6, 6.07) is 3.36. The third-order valence-corrected chi connectivity index (χ3v) is 2.30. The summed E-state index contributed by atoms with van der Waals surface area (Å²) in [5.74, 6) is -3.77. The largest absolute Gasteiger partial charge is 0.475 e. The van der Waals surface area contributed by atoms with E-state index in [1.165, 1.54) is 0 Å². The van der Waals surface area contributed by atoms with E-state index in [1.54, 1.807) is 0 Å². The van der Waals surface area contributed by atoms with Crippen molar-refractivity contribution in [3.05, 3.63) is 51.7 Å². The number of nitrogens with zero attached hydrogens (tertiary/aromatic N) is 2. The first-order valence-electron chi connectivity index (χ1n) is 5.33. The Hall–Kier alpha value is -3.30. The minimum Gasteiger partial charge on any atom is -0.475 e. The fraction of sp³-hybridized carbons (Fsp3) is 0. The van der Waals surface area contributed by atoms with Crippen LogP contribution < -0.4 is 5.32 Å². The summed E-state index contributed by atoms with van der Waals surface area (Å²) in [7, 11) is 0. The number of carboxylic acids is 1. The molecule has 9 nitrogen and oxygen atoms in total. The van der Waals surface area contributed by atoms with E-state index in [-0.39, 0.29) is 11.4 Å². The lowest BCUT2D eigenvalue weighted by molar-refractivity contribution is -0.385. The molecule has 1 aromatic heterocycles. The van der Waals surface area contributed by atoms with Gasteiger partial charge in [0.2, 0.25) is 5.76 Å². The van der Waals surface area contributed by atoms with Crippen LogP contribution in [-0.4, -0.2) is 27.1 Å². The second-order valence-corrected chi connectivity index (χ2v) is 3.79. The number of nitro benzene ring substituents is 1. The van der Waals surface area contributed by atoms with Crippen LogP contribution in [0.5, 0.6) is 0 Å². The zero-order valence-electron chi connectivity index (χ0n) is 10.1. The van der Waals surface area contributed by atoms with Gasteiger partial charge in [0.25, 0.3) is 11.6 Å². The maximum absolute atomic E-state index is 13.2. The Bertz CT molecular complexity index is 741. The fourth-order valence-corrected chi connectivity index (χ4v) is 1.43. The number of nitrogens with one attached hydrogen (secondary N) is 1. The van der Waals surface area contributed by atoms with Crippen molar-refractivity contribution in [2.45, 2.75) is 0 Å². The number of nitro groups is 1. The predicted molar refractivity (Wildman–Crippen MR) is 64.5 cm³/mol. The molecular formula is C11H6FN3O6. The molecule has 0 saturated carbocycles. The molecule has 0 aliphatic rings. The lowest BCUT2D eigenvalue weighted by Gasteiger charge is -2.02. The van der Waals surface area contributed by atoms with Crippen molar-refractivity contribution < 1.29 is 28.5 Å². The fourth-order valence-electron chi connectivity index (χ4n) is 1.43. The van der Waals surface area contributed by atoms with Crippen LogP contribution in [0.15, 0.2) is 28.8 Å². The number of carboxylic acid groups (broad SMARTS) is 1. The minimum absolute atomic E-state index is 0.174. The molecule has 21 heavy (non-hydrogen) atoms. The number of aromatic carboxylic acids is 1. The summed E-state index contributed by atoms with van der Waals surface area (Å²) >= 11 is 0. The second-order valence-electron chi connectivity index (χ2n) is 3.79. The topological polar surface area (TPSA) is 136 Å². The first-order valence-corrected chi connectivity index (χ1v) is 5.33. The second kappa shape index (κ2) is 5.36. The Morgan fingerprint density at radius 3 is 2.62 bits per heavy atom. The first-order chi connectivity index (χ1) is 9.86. The lowest BCUT2D eigenvalue weighted by Crippen LogP contribution is -2.12. The molecule has 10 heteroatoms. The van der Waals surface area contributed by atoms with E-state index in [4.69, 9.17) is 5.11 Å². The zero-order chi connectivity index (χ0) is 15.6. The molecule has 2 N–H and O–H groups in total. The maximum Gasteiger partial charge on any atom is 0.374 e. The van der Waals surface area contributed by atoms with E-state index < -0.39 is 34.1 Å². The Kier molecular flexibility index (Phi) is 3.61. The average Bonchev–Trinajstić information content (AvgIpc) is 2.87. The molecule has 0 spiro atoms. The number of amides is 1. The number of carbonyl (C=O) groups is 2. The molecule has 0 aliphatic carbocycles. The minimum atomic E-state index is -1.41. The third-order valence-electron chi connectivity index (χ3n) is 2.30. The van der Waals surface area contributed by atoms with Crippen LogP contribution in [0, 0.1) is 15.9 Å². The summed E-state index contributed by atoms with van der Waals surface area (Å²) in [6.07, 6.45) is 0. The molecule has 0 aliphatic heterocycles. The SMILES string of the molecule is O=C(Nc1cc(F)cc([N+](=O)[O-])c1)c1cc(C(=O)O)on1. The molecule has 2 rings (SSSR count). The van der Waals surface area contributed by atoms with Crippen LogP contribution >= 0.6 is 0 Å². The molecule has 108 valence electrons. The molecular weight excluding hydrogens is 289 g/mol. The van der Waals surface area contributed by atoms with Crippen molar-refractivity contribution >= 4 is 23.3 Å². The van der Waals surface area contributed by atoms with Gasteiger partial charge < -0.3 is 14.9 Å². The highest BCUT2D eigenvalue weighted by molar-refractivity contribution is 6.03. The van der Waals surface area contributed by atoms with Crippen LogP contribution in [0.3, 0.4) is 0 Å². The maximum atomic E-state index is 13.2. The van der Waals surface area contributed by atoms with Crippen molar-refractivity contribution in [3.63, 3.8) is 0 Å². The van der Waals surface area contributed by atoms with Crippen LogP contribution in [0.25, 0.3) is 0 Å². The summed E-state index contributed by atoms with van der Waals surface area (Å²) in [4.78, 5) is 32.0. The number of benzene rings is 1. The smallest absolute Gasteiger partial charge is 0.374 e. The lowest BCUT2D eigenvalue weighted by atomic mass is 10.2. The number of halogens is 1. The van der Waals surface area contributed by atoms with Crippen LogP contribution in [-0.2, 0) is 0 Å². The van der Waals surface area contributed by atoms with Gasteiger partial charge in [-0.25, -0.2) is 9.18 Å². The number of aromatic nitrogens is 1. The Morgan fingerprint density at radius 2 is 2.05 bits per heavy atom. The molecule has 0 atom stereocenters. The van der Waals surface area contributed by atoms with Crippen LogP contribution in [0.1, 0.15) is 21.0 Å². The summed E-state index contributed by atoms with van der Waals surface area (Å²) in [5.41, 5.74) is -1.08. The normalized spacial score (nSPS) is 10.1. The van der Waals surface area contributed by atoms with Gasteiger partial charge in [0, 0.05) is 12.1 Å². The van der Waals surface area contributed by atoms with Gasteiger partial charge in [-0.2, -0.15) is 0 Å². The number of anilines is 1. The van der Waals surface area contributed by atoms with Gasteiger partial charge in [-0.1, -0.05) is 5.16 Å². The summed E-state index contributed by atoms with van der Waals surface area (Å²) < 4.78 is 17.6. The van der Waals surface area contributed by atoms with Crippen molar-refractivity contribution in [2.24, 2.45) is 0 Å². The van der Waals surface area contributed by atoms with E-state index >= 15 is 0 Å². The van der Waals surface area contributed by atoms with Crippen molar-refractivity contribution in [2.75, 3.05) is 5.32 Å². The van der Waals surface area contributed by atoms with Gasteiger partial charge in [-0.3, -0.25) is 14.9 Å². The Labute approximate surface area is 115 Å².